The molecule has 262 valence electrons. The fraction of sp³-hybridized carbons (Fsp3) is 0.949. The highest BCUT2D eigenvalue weighted by molar-refractivity contribution is 5.70. The van der Waals surface area contributed by atoms with E-state index in [1.165, 1.54) is 128 Å². The van der Waals surface area contributed by atoms with Crippen LogP contribution in [0.5, 0.6) is 0 Å². The maximum Gasteiger partial charge on any atom is 0.306 e. The second kappa shape index (κ2) is 33.3. The minimum Gasteiger partial charge on any atom is -0.462 e. The number of aliphatic hydroxyl groups is 1. The Morgan fingerprint density at radius 1 is 0.500 bits per heavy atom. The topological polar surface area (TPSA) is 72.8 Å². The predicted molar refractivity (Wildman–Crippen MR) is 187 cm³/mol. The maximum atomic E-state index is 12.2. The Labute approximate surface area is 274 Å². The number of unbranched alkanes of at least 4 members (excludes halogenated alkanes) is 18. The number of carbonyl (C=O) groups excluding carboxylic acids is 2. The van der Waals surface area contributed by atoms with E-state index in [1.807, 2.05) is 0 Å². The molecule has 0 rings (SSSR count). The van der Waals surface area contributed by atoms with Crippen molar-refractivity contribution >= 4 is 11.9 Å². The van der Waals surface area contributed by atoms with Crippen LogP contribution < -0.4 is 0 Å². The van der Waals surface area contributed by atoms with Gasteiger partial charge in [-0.25, -0.2) is 0 Å². The minimum atomic E-state index is -0.766. The molecular formula is C39H76O5. The highest BCUT2D eigenvalue weighted by atomic mass is 16.6. The smallest absolute Gasteiger partial charge is 0.306 e. The molecule has 0 radical (unpaired) electrons. The van der Waals surface area contributed by atoms with Crippen LogP contribution >= 0.6 is 0 Å². The number of hydrogen-bond acceptors (Lipinski definition) is 5. The van der Waals surface area contributed by atoms with Gasteiger partial charge in [0.1, 0.15) is 6.61 Å². The summed E-state index contributed by atoms with van der Waals surface area (Å²) in [6.45, 7) is 8.92. The van der Waals surface area contributed by atoms with Crippen LogP contribution in [0.25, 0.3) is 0 Å². The fourth-order valence-electron chi connectivity index (χ4n) is 6.05. The Kier molecular flexibility index (Phi) is 32.4. The Bertz CT molecular complexity index is 622. The number of carbonyl (C=O) groups is 2. The molecule has 0 aromatic carbocycles. The number of hydrogen-bond donors (Lipinski definition) is 1. The second-order valence-corrected chi connectivity index (χ2v) is 13.9. The molecule has 0 saturated carbocycles. The normalized spacial score (nSPS) is 13.5. The zero-order valence-corrected chi connectivity index (χ0v) is 30.0. The van der Waals surface area contributed by atoms with Gasteiger partial charge in [0.05, 0.1) is 6.61 Å². The first kappa shape index (κ1) is 42.9. The number of ether oxygens (including phenoxy) is 2. The van der Waals surface area contributed by atoms with Gasteiger partial charge in [0, 0.05) is 12.8 Å². The van der Waals surface area contributed by atoms with Crippen molar-refractivity contribution in [1.82, 2.24) is 0 Å². The molecule has 0 aromatic rings. The average Bonchev–Trinajstić information content (AvgIpc) is 3.01. The molecule has 44 heavy (non-hydrogen) atoms. The molecule has 0 fully saturated rings. The van der Waals surface area contributed by atoms with E-state index in [9.17, 15) is 14.7 Å². The molecule has 3 atom stereocenters. The van der Waals surface area contributed by atoms with Gasteiger partial charge in [-0.3, -0.25) is 9.59 Å². The fourth-order valence-corrected chi connectivity index (χ4v) is 6.05. The monoisotopic (exact) mass is 625 g/mol. The molecule has 0 amide bonds. The van der Waals surface area contributed by atoms with Crippen molar-refractivity contribution < 1.29 is 24.2 Å². The lowest BCUT2D eigenvalue weighted by Crippen LogP contribution is -2.28. The lowest BCUT2D eigenvalue weighted by Gasteiger charge is -2.16. The lowest BCUT2D eigenvalue weighted by atomic mass is 9.96. The van der Waals surface area contributed by atoms with Gasteiger partial charge in [-0.1, -0.05) is 182 Å². The summed E-state index contributed by atoms with van der Waals surface area (Å²) in [6.07, 6.45) is 32.9. The van der Waals surface area contributed by atoms with E-state index in [1.54, 1.807) is 0 Å². The lowest BCUT2D eigenvalue weighted by molar-refractivity contribution is -0.161. The molecule has 0 aliphatic carbocycles. The van der Waals surface area contributed by atoms with Crippen LogP contribution in [0.1, 0.15) is 207 Å². The predicted octanol–water partition coefficient (Wildman–Crippen LogP) is 11.7. The van der Waals surface area contributed by atoms with Crippen molar-refractivity contribution in [1.29, 1.82) is 0 Å². The zero-order valence-electron chi connectivity index (χ0n) is 30.0. The molecule has 0 aliphatic heterocycles. The van der Waals surface area contributed by atoms with E-state index in [-0.39, 0.29) is 25.2 Å². The Hall–Kier alpha value is -1.10. The van der Waals surface area contributed by atoms with Gasteiger partial charge in [0.15, 0.2) is 6.10 Å². The van der Waals surface area contributed by atoms with Crippen LogP contribution in [-0.4, -0.2) is 36.4 Å². The molecule has 0 spiro atoms. The van der Waals surface area contributed by atoms with Crippen LogP contribution in [0.3, 0.4) is 0 Å². The van der Waals surface area contributed by atoms with Gasteiger partial charge in [0.2, 0.25) is 0 Å². The second-order valence-electron chi connectivity index (χ2n) is 13.9. The summed E-state index contributed by atoms with van der Waals surface area (Å²) in [6, 6.07) is 0. The molecule has 3 unspecified atom stereocenters. The van der Waals surface area contributed by atoms with Crippen molar-refractivity contribution in [3.63, 3.8) is 0 Å². The SMILES string of the molecule is CCCCCCCCC(C)CCCCCCCC(=O)OCC(CO)OC(=O)CCCCCCCC(C)CCCCCCCC. The summed E-state index contributed by atoms with van der Waals surface area (Å²) in [5, 5.41) is 9.56. The van der Waals surface area contributed by atoms with Gasteiger partial charge >= 0.3 is 11.9 Å². The molecule has 5 heteroatoms. The molecule has 5 nitrogen and oxygen atoms in total. The number of rotatable bonds is 34. The highest BCUT2D eigenvalue weighted by Crippen LogP contribution is 2.20. The van der Waals surface area contributed by atoms with Crippen molar-refractivity contribution in [3.05, 3.63) is 0 Å². The van der Waals surface area contributed by atoms with E-state index >= 15 is 0 Å². The molecule has 0 aliphatic rings. The third-order valence-electron chi connectivity index (χ3n) is 9.19. The first-order valence-corrected chi connectivity index (χ1v) is 19.4. The molecule has 0 saturated heterocycles. The van der Waals surface area contributed by atoms with E-state index < -0.39 is 6.10 Å². The van der Waals surface area contributed by atoms with Crippen molar-refractivity contribution in [3.8, 4) is 0 Å². The first-order valence-electron chi connectivity index (χ1n) is 19.4. The minimum absolute atomic E-state index is 0.0610. The van der Waals surface area contributed by atoms with E-state index in [0.29, 0.717) is 12.8 Å². The summed E-state index contributed by atoms with van der Waals surface area (Å²) in [4.78, 5) is 24.3. The standard InChI is InChI=1S/C39H76O5/c1-5-7-9-11-15-21-27-35(3)29-23-17-13-19-25-31-38(41)43-34-37(33-40)44-39(42)32-26-20-14-18-24-30-36(4)28-22-16-12-10-8-6-2/h35-37,40H,5-34H2,1-4H3. The van der Waals surface area contributed by atoms with E-state index in [2.05, 4.69) is 27.7 Å². The van der Waals surface area contributed by atoms with Crippen LogP contribution in [0, 0.1) is 11.8 Å². The largest absolute Gasteiger partial charge is 0.462 e. The van der Waals surface area contributed by atoms with Crippen molar-refractivity contribution in [2.24, 2.45) is 11.8 Å². The summed E-state index contributed by atoms with van der Waals surface area (Å²) in [5.74, 6) is 1.07. The maximum absolute atomic E-state index is 12.2. The van der Waals surface area contributed by atoms with E-state index in [0.717, 1.165) is 50.4 Å². The summed E-state index contributed by atoms with van der Waals surface area (Å²) in [7, 11) is 0. The Morgan fingerprint density at radius 2 is 0.841 bits per heavy atom. The summed E-state index contributed by atoms with van der Waals surface area (Å²) < 4.78 is 10.6. The Morgan fingerprint density at radius 3 is 1.23 bits per heavy atom. The highest BCUT2D eigenvalue weighted by Gasteiger charge is 2.16. The van der Waals surface area contributed by atoms with Gasteiger partial charge < -0.3 is 14.6 Å². The van der Waals surface area contributed by atoms with Crippen LogP contribution in [0.2, 0.25) is 0 Å². The van der Waals surface area contributed by atoms with Gasteiger partial charge in [0.25, 0.3) is 0 Å². The van der Waals surface area contributed by atoms with Crippen LogP contribution in [0.15, 0.2) is 0 Å². The number of esters is 2. The molecule has 0 aromatic heterocycles. The molecule has 0 heterocycles. The summed E-state index contributed by atoms with van der Waals surface area (Å²) >= 11 is 0. The van der Waals surface area contributed by atoms with Gasteiger partial charge in [-0.2, -0.15) is 0 Å². The van der Waals surface area contributed by atoms with Gasteiger partial charge in [-0.15, -0.1) is 0 Å². The van der Waals surface area contributed by atoms with Gasteiger partial charge in [-0.05, 0) is 24.7 Å². The Balaban J connectivity index is 3.65. The van der Waals surface area contributed by atoms with Crippen molar-refractivity contribution in [2.45, 2.75) is 214 Å². The summed E-state index contributed by atoms with van der Waals surface area (Å²) in [5.41, 5.74) is 0. The number of aliphatic hydroxyl groups excluding tert-OH is 1. The van der Waals surface area contributed by atoms with Crippen molar-refractivity contribution in [2.75, 3.05) is 13.2 Å². The third-order valence-corrected chi connectivity index (χ3v) is 9.19. The molecule has 1 N–H and O–H groups in total. The molecule has 0 bridgehead atoms. The first-order chi connectivity index (χ1) is 21.4. The quantitative estimate of drug-likeness (QED) is 0.0569. The van der Waals surface area contributed by atoms with E-state index in [4.69, 9.17) is 9.47 Å². The third kappa shape index (κ3) is 30.9. The molecular weight excluding hydrogens is 548 g/mol. The van der Waals surface area contributed by atoms with Crippen LogP contribution in [0.4, 0.5) is 0 Å². The average molecular weight is 625 g/mol. The zero-order chi connectivity index (χ0) is 32.5. The van der Waals surface area contributed by atoms with Crippen LogP contribution in [-0.2, 0) is 19.1 Å².